The molecule has 0 radical (unpaired) electrons. The van der Waals surface area contributed by atoms with Crippen LogP contribution in [0.3, 0.4) is 0 Å². The molecule has 0 aromatic carbocycles. The third-order valence-electron chi connectivity index (χ3n) is 2.18. The predicted octanol–water partition coefficient (Wildman–Crippen LogP) is 0.568. The van der Waals surface area contributed by atoms with Crippen molar-refractivity contribution in [1.29, 1.82) is 0 Å². The van der Waals surface area contributed by atoms with Gasteiger partial charge < -0.3 is 15.5 Å². The van der Waals surface area contributed by atoms with Crippen molar-refractivity contribution < 1.29 is 4.74 Å². The number of hydrogen-bond acceptors (Lipinski definition) is 5. The maximum atomic E-state index is 5.26. The summed E-state index contributed by atoms with van der Waals surface area (Å²) < 4.78 is 5.26. The molecular weight excluding hydrogens is 180 g/mol. The first-order valence-electron chi connectivity index (χ1n) is 4.66. The number of nitrogen functional groups attached to an aromatic ring is 1. The summed E-state index contributed by atoms with van der Waals surface area (Å²) in [5.41, 5.74) is 2.51. The molecule has 0 bridgehead atoms. The van der Waals surface area contributed by atoms with E-state index in [1.165, 1.54) is 0 Å². The first kappa shape index (κ1) is 9.23. The molecule has 4 N–H and O–H groups in total. The number of nitrogens with two attached hydrogens (primary N) is 1. The molecule has 1 fully saturated rings. The van der Waals surface area contributed by atoms with Gasteiger partial charge in [0.15, 0.2) is 0 Å². The van der Waals surface area contributed by atoms with Crippen LogP contribution in [0.4, 0.5) is 11.6 Å². The van der Waals surface area contributed by atoms with Gasteiger partial charge >= 0.3 is 0 Å². The number of nitrogens with one attached hydrogen (secondary N) is 2. The molecule has 1 aromatic rings. The Balaban J connectivity index is 2.00. The van der Waals surface area contributed by atoms with E-state index in [1.54, 1.807) is 0 Å². The molecule has 14 heavy (non-hydrogen) atoms. The summed E-state index contributed by atoms with van der Waals surface area (Å²) in [4.78, 5) is 4.25. The zero-order chi connectivity index (χ0) is 9.80. The topological polar surface area (TPSA) is 72.2 Å². The lowest BCUT2D eigenvalue weighted by atomic mass is 10.2. The highest BCUT2D eigenvalue weighted by molar-refractivity contribution is 5.44. The molecule has 0 saturated carbocycles. The molecule has 0 amide bonds. The molecule has 2 heterocycles. The van der Waals surface area contributed by atoms with Crippen LogP contribution in [0.1, 0.15) is 6.42 Å². The second-order valence-corrected chi connectivity index (χ2v) is 3.26. The maximum Gasteiger partial charge on any atom is 0.142 e. The molecule has 5 nitrogen and oxygen atoms in total. The first-order valence-corrected chi connectivity index (χ1v) is 4.66. The van der Waals surface area contributed by atoms with Gasteiger partial charge in [0.25, 0.3) is 0 Å². The fraction of sp³-hybridized carbons (Fsp3) is 0.444. The van der Waals surface area contributed by atoms with Gasteiger partial charge in [-0.05, 0) is 18.6 Å². The highest BCUT2D eigenvalue weighted by atomic mass is 16.5. The van der Waals surface area contributed by atoms with Crippen LogP contribution in [0.5, 0.6) is 0 Å². The summed E-state index contributed by atoms with van der Waals surface area (Å²) >= 11 is 0. The van der Waals surface area contributed by atoms with Crippen molar-refractivity contribution in [3.8, 4) is 0 Å². The quantitative estimate of drug-likeness (QED) is 0.484. The zero-order valence-electron chi connectivity index (χ0n) is 7.86. The monoisotopic (exact) mass is 194 g/mol. The molecule has 5 heteroatoms. The molecular formula is C9H14N4O. The van der Waals surface area contributed by atoms with Gasteiger partial charge in [-0.2, -0.15) is 0 Å². The summed E-state index contributed by atoms with van der Waals surface area (Å²) in [6.07, 6.45) is 1.03. The molecule has 0 aliphatic carbocycles. The normalized spacial score (nSPS) is 20.8. The summed E-state index contributed by atoms with van der Waals surface area (Å²) in [5, 5.41) is 3.28. The molecule has 1 aromatic heterocycles. The zero-order valence-corrected chi connectivity index (χ0v) is 7.86. The minimum Gasteiger partial charge on any atom is -0.379 e. The number of hydrogen-bond donors (Lipinski definition) is 3. The number of rotatable bonds is 3. The molecule has 2 rings (SSSR count). The summed E-state index contributed by atoms with van der Waals surface area (Å²) in [7, 11) is 0. The van der Waals surface area contributed by atoms with E-state index in [-0.39, 0.29) is 0 Å². The van der Waals surface area contributed by atoms with Gasteiger partial charge in [0.05, 0.1) is 12.6 Å². The van der Waals surface area contributed by atoms with Crippen LogP contribution >= 0.6 is 0 Å². The van der Waals surface area contributed by atoms with E-state index in [1.807, 2.05) is 18.2 Å². The van der Waals surface area contributed by atoms with Gasteiger partial charge in [-0.3, -0.25) is 0 Å². The van der Waals surface area contributed by atoms with Crippen LogP contribution < -0.4 is 16.6 Å². The Morgan fingerprint density at radius 1 is 1.43 bits per heavy atom. The van der Waals surface area contributed by atoms with Crippen molar-refractivity contribution in [1.82, 2.24) is 4.98 Å². The highest BCUT2D eigenvalue weighted by Crippen LogP contribution is 2.13. The third-order valence-corrected chi connectivity index (χ3v) is 2.18. The van der Waals surface area contributed by atoms with Crippen molar-refractivity contribution in [2.75, 3.05) is 24.0 Å². The van der Waals surface area contributed by atoms with Crippen molar-refractivity contribution in [3.63, 3.8) is 0 Å². The second-order valence-electron chi connectivity index (χ2n) is 3.26. The maximum absolute atomic E-state index is 5.26. The van der Waals surface area contributed by atoms with Crippen LogP contribution in [0.15, 0.2) is 18.2 Å². The van der Waals surface area contributed by atoms with Gasteiger partial charge in [-0.15, -0.1) is 0 Å². The minimum atomic E-state index is 0.371. The van der Waals surface area contributed by atoms with Crippen LogP contribution in [-0.4, -0.2) is 24.2 Å². The lowest BCUT2D eigenvalue weighted by Gasteiger charge is -2.11. The minimum absolute atomic E-state index is 0.371. The average molecular weight is 194 g/mol. The molecule has 1 saturated heterocycles. The lowest BCUT2D eigenvalue weighted by Crippen LogP contribution is -2.20. The smallest absolute Gasteiger partial charge is 0.142 e. The number of anilines is 2. The Morgan fingerprint density at radius 2 is 2.29 bits per heavy atom. The van der Waals surface area contributed by atoms with Crippen molar-refractivity contribution in [3.05, 3.63) is 18.2 Å². The third kappa shape index (κ3) is 2.12. The van der Waals surface area contributed by atoms with Crippen molar-refractivity contribution in [2.45, 2.75) is 12.5 Å². The Labute approximate surface area is 82.6 Å². The first-order chi connectivity index (χ1) is 6.88. The standard InChI is InChI=1S/C9H14N4O/c10-13-9-3-1-2-8(12-9)11-7-4-5-14-6-7/h1-3,7H,4-6,10H2,(H2,11,12,13). The largest absolute Gasteiger partial charge is 0.379 e. The summed E-state index contributed by atoms with van der Waals surface area (Å²) in [5.74, 6) is 6.75. The van der Waals surface area contributed by atoms with Crippen LogP contribution in [0.2, 0.25) is 0 Å². The van der Waals surface area contributed by atoms with Crippen molar-refractivity contribution >= 4 is 11.6 Å². The Bertz CT molecular complexity index is 299. The highest BCUT2D eigenvalue weighted by Gasteiger charge is 2.15. The number of aromatic nitrogens is 1. The van der Waals surface area contributed by atoms with E-state index in [2.05, 4.69) is 15.7 Å². The Kier molecular flexibility index (Phi) is 2.81. The lowest BCUT2D eigenvalue weighted by molar-refractivity contribution is 0.195. The fourth-order valence-electron chi connectivity index (χ4n) is 1.45. The van der Waals surface area contributed by atoms with E-state index >= 15 is 0 Å². The van der Waals surface area contributed by atoms with Gasteiger partial charge in [-0.25, -0.2) is 10.8 Å². The molecule has 76 valence electrons. The molecule has 1 aliphatic heterocycles. The summed E-state index contributed by atoms with van der Waals surface area (Å²) in [6, 6.07) is 6.01. The van der Waals surface area contributed by atoms with Gasteiger partial charge in [0.1, 0.15) is 11.6 Å². The molecule has 1 atom stereocenters. The number of ether oxygens (including phenoxy) is 1. The van der Waals surface area contributed by atoms with Gasteiger partial charge in [0.2, 0.25) is 0 Å². The number of pyridine rings is 1. The van der Waals surface area contributed by atoms with E-state index in [4.69, 9.17) is 10.6 Å². The van der Waals surface area contributed by atoms with Gasteiger partial charge in [0, 0.05) is 6.61 Å². The number of nitrogens with zero attached hydrogens (tertiary/aromatic N) is 1. The SMILES string of the molecule is NNc1cccc(NC2CCOC2)n1. The predicted molar refractivity (Wildman–Crippen MR) is 54.9 cm³/mol. The van der Waals surface area contributed by atoms with E-state index in [9.17, 15) is 0 Å². The second kappa shape index (κ2) is 4.26. The fourth-order valence-corrected chi connectivity index (χ4v) is 1.45. The molecule has 0 spiro atoms. The van der Waals surface area contributed by atoms with E-state index in [0.29, 0.717) is 11.9 Å². The average Bonchev–Trinajstić information content (AvgIpc) is 2.71. The van der Waals surface area contributed by atoms with Crippen molar-refractivity contribution in [2.24, 2.45) is 5.84 Å². The van der Waals surface area contributed by atoms with Gasteiger partial charge in [-0.1, -0.05) is 6.07 Å². The van der Waals surface area contributed by atoms with Crippen LogP contribution in [0, 0.1) is 0 Å². The number of hydrazine groups is 1. The molecule has 1 unspecified atom stereocenters. The van der Waals surface area contributed by atoms with E-state index in [0.717, 1.165) is 25.5 Å². The summed E-state index contributed by atoms with van der Waals surface area (Å²) in [6.45, 7) is 1.58. The van der Waals surface area contributed by atoms with Crippen LogP contribution in [0.25, 0.3) is 0 Å². The Morgan fingerprint density at radius 3 is 3.00 bits per heavy atom. The Hall–Kier alpha value is -1.33. The van der Waals surface area contributed by atoms with Crippen LogP contribution in [-0.2, 0) is 4.74 Å². The molecule has 1 aliphatic rings. The van der Waals surface area contributed by atoms with E-state index < -0.39 is 0 Å².